The maximum atomic E-state index is 12.3. The van der Waals surface area contributed by atoms with Gasteiger partial charge in [0.25, 0.3) is 0 Å². The highest BCUT2D eigenvalue weighted by atomic mass is 32.2. The van der Waals surface area contributed by atoms with Gasteiger partial charge in [-0.3, -0.25) is 4.79 Å². The lowest BCUT2D eigenvalue weighted by Crippen LogP contribution is -2.25. The van der Waals surface area contributed by atoms with E-state index in [2.05, 4.69) is 18.2 Å². The fourth-order valence-corrected chi connectivity index (χ4v) is 3.62. The summed E-state index contributed by atoms with van der Waals surface area (Å²) in [5.74, 6) is 0.173. The first-order valence-corrected chi connectivity index (χ1v) is 7.21. The fraction of sp³-hybridized carbons (Fsp3) is 0.188. The van der Waals surface area contributed by atoms with Crippen molar-refractivity contribution in [2.45, 2.75) is 16.6 Å². The molecule has 3 rings (SSSR count). The zero-order chi connectivity index (χ0) is 13.2. The molecule has 1 aliphatic heterocycles. The topological polar surface area (TPSA) is 20.3 Å². The highest BCUT2D eigenvalue weighted by molar-refractivity contribution is 7.99. The van der Waals surface area contributed by atoms with E-state index in [1.54, 1.807) is 16.7 Å². The van der Waals surface area contributed by atoms with Crippen molar-refractivity contribution in [3.05, 3.63) is 60.2 Å². The molecule has 96 valence electrons. The zero-order valence-corrected chi connectivity index (χ0v) is 11.6. The van der Waals surface area contributed by atoms with Crippen LogP contribution in [0.2, 0.25) is 0 Å². The number of anilines is 1. The quantitative estimate of drug-likeness (QED) is 0.783. The van der Waals surface area contributed by atoms with Gasteiger partial charge in [0.1, 0.15) is 0 Å². The van der Waals surface area contributed by atoms with Crippen molar-refractivity contribution in [3.8, 4) is 0 Å². The van der Waals surface area contributed by atoms with Crippen LogP contribution in [0.5, 0.6) is 0 Å². The third kappa shape index (κ3) is 2.38. The molecule has 0 saturated heterocycles. The molecule has 0 N–H and O–H groups in total. The minimum atomic E-state index is 0.173. The van der Waals surface area contributed by atoms with Crippen molar-refractivity contribution in [1.82, 2.24) is 0 Å². The number of para-hydroxylation sites is 1. The number of hydrogen-bond donors (Lipinski definition) is 0. The van der Waals surface area contributed by atoms with E-state index in [1.165, 1.54) is 10.5 Å². The third-order valence-electron chi connectivity index (χ3n) is 3.40. The van der Waals surface area contributed by atoms with Gasteiger partial charge in [-0.25, -0.2) is 0 Å². The van der Waals surface area contributed by atoms with Crippen molar-refractivity contribution in [2.24, 2.45) is 0 Å². The van der Waals surface area contributed by atoms with Crippen LogP contribution < -0.4 is 4.90 Å². The van der Waals surface area contributed by atoms with Gasteiger partial charge in [0.15, 0.2) is 0 Å². The second-order valence-electron chi connectivity index (χ2n) is 4.64. The van der Waals surface area contributed by atoms with Gasteiger partial charge < -0.3 is 4.90 Å². The van der Waals surface area contributed by atoms with Crippen LogP contribution >= 0.6 is 11.8 Å². The summed E-state index contributed by atoms with van der Waals surface area (Å²) in [6, 6.07) is 18.4. The molecule has 2 aromatic carbocycles. The minimum Gasteiger partial charge on any atom is -0.314 e. The molecule has 1 aliphatic rings. The molecule has 0 aromatic heterocycles. The Bertz CT molecular complexity index is 597. The number of benzene rings is 2. The lowest BCUT2D eigenvalue weighted by Gasteiger charge is -2.16. The first kappa shape index (κ1) is 12.3. The number of hydrogen-bond acceptors (Lipinski definition) is 2. The van der Waals surface area contributed by atoms with Gasteiger partial charge in [0.2, 0.25) is 5.91 Å². The zero-order valence-electron chi connectivity index (χ0n) is 10.7. The van der Waals surface area contributed by atoms with Crippen molar-refractivity contribution in [3.63, 3.8) is 0 Å². The molecule has 1 amide bonds. The Balaban J connectivity index is 2.02. The van der Waals surface area contributed by atoms with Crippen LogP contribution in [0, 0.1) is 0 Å². The summed E-state index contributed by atoms with van der Waals surface area (Å²) in [4.78, 5) is 15.2. The largest absolute Gasteiger partial charge is 0.314 e. The summed E-state index contributed by atoms with van der Waals surface area (Å²) < 4.78 is 0. The maximum absolute atomic E-state index is 12.3. The molecular formula is C16H15NOS. The highest BCUT2D eigenvalue weighted by Crippen LogP contribution is 2.44. The summed E-state index contributed by atoms with van der Waals surface area (Å²) in [6.07, 6.45) is 0.542. The van der Waals surface area contributed by atoms with Crippen LogP contribution in [0.3, 0.4) is 0 Å². The number of nitrogens with zero attached hydrogens (tertiary/aromatic N) is 1. The lowest BCUT2D eigenvalue weighted by molar-refractivity contribution is -0.118. The normalized spacial score (nSPS) is 18.9. The van der Waals surface area contributed by atoms with Gasteiger partial charge in [-0.1, -0.05) is 42.5 Å². The second-order valence-corrected chi connectivity index (χ2v) is 5.89. The van der Waals surface area contributed by atoms with Crippen LogP contribution in [0.4, 0.5) is 5.69 Å². The summed E-state index contributed by atoms with van der Waals surface area (Å²) in [5.41, 5.74) is 2.22. The lowest BCUT2D eigenvalue weighted by atomic mass is 10.1. The van der Waals surface area contributed by atoms with Crippen LogP contribution in [-0.2, 0) is 4.79 Å². The summed E-state index contributed by atoms with van der Waals surface area (Å²) in [5, 5.41) is 0.194. The Kier molecular flexibility index (Phi) is 3.30. The first-order chi connectivity index (χ1) is 9.25. The standard InChI is InChI=1S/C16H15NOS/c1-17-13-9-5-6-10-14(13)19-15(11-16(17)18)12-7-3-2-4-8-12/h2-10,15H,11H2,1H3. The van der Waals surface area contributed by atoms with Crippen LogP contribution in [0.15, 0.2) is 59.5 Å². The summed E-state index contributed by atoms with van der Waals surface area (Å²) >= 11 is 1.78. The van der Waals surface area contributed by atoms with Crippen molar-refractivity contribution < 1.29 is 4.79 Å². The number of carbonyl (C=O) groups is 1. The van der Waals surface area contributed by atoms with E-state index in [9.17, 15) is 4.79 Å². The van der Waals surface area contributed by atoms with Crippen molar-refractivity contribution >= 4 is 23.4 Å². The van der Waals surface area contributed by atoms with Gasteiger partial charge in [-0.15, -0.1) is 11.8 Å². The molecule has 19 heavy (non-hydrogen) atoms. The smallest absolute Gasteiger partial charge is 0.228 e. The summed E-state index contributed by atoms with van der Waals surface area (Å²) in [7, 11) is 1.86. The molecule has 0 radical (unpaired) electrons. The van der Waals surface area contributed by atoms with Gasteiger partial charge in [-0.05, 0) is 17.7 Å². The van der Waals surface area contributed by atoms with E-state index >= 15 is 0 Å². The van der Waals surface area contributed by atoms with E-state index < -0.39 is 0 Å². The third-order valence-corrected chi connectivity index (χ3v) is 4.72. The average Bonchev–Trinajstić information content (AvgIpc) is 2.58. The Morgan fingerprint density at radius 3 is 2.53 bits per heavy atom. The van der Waals surface area contributed by atoms with E-state index in [0.29, 0.717) is 6.42 Å². The Hall–Kier alpha value is -1.74. The molecule has 0 aliphatic carbocycles. The number of amides is 1. The summed E-state index contributed by atoms with van der Waals surface area (Å²) in [6.45, 7) is 0. The molecule has 3 heteroatoms. The average molecular weight is 269 g/mol. The predicted octanol–water partition coefficient (Wildman–Crippen LogP) is 3.89. The molecule has 1 heterocycles. The Labute approximate surface area is 117 Å². The minimum absolute atomic E-state index is 0.173. The predicted molar refractivity (Wildman–Crippen MR) is 79.5 cm³/mol. The molecule has 0 fully saturated rings. The molecule has 1 atom stereocenters. The maximum Gasteiger partial charge on any atom is 0.228 e. The van der Waals surface area contributed by atoms with Crippen LogP contribution in [-0.4, -0.2) is 13.0 Å². The second kappa shape index (κ2) is 5.10. The fourth-order valence-electron chi connectivity index (χ4n) is 2.31. The van der Waals surface area contributed by atoms with Crippen LogP contribution in [0.25, 0.3) is 0 Å². The molecule has 0 saturated carbocycles. The van der Waals surface area contributed by atoms with Gasteiger partial charge in [0.05, 0.1) is 5.69 Å². The monoisotopic (exact) mass is 269 g/mol. The molecule has 1 unspecified atom stereocenters. The molecule has 2 nitrogen and oxygen atoms in total. The van der Waals surface area contributed by atoms with Gasteiger partial charge >= 0.3 is 0 Å². The molecule has 2 aromatic rings. The van der Waals surface area contributed by atoms with Gasteiger partial charge in [-0.2, -0.15) is 0 Å². The van der Waals surface area contributed by atoms with Crippen molar-refractivity contribution in [1.29, 1.82) is 0 Å². The van der Waals surface area contributed by atoms with Gasteiger partial charge in [0, 0.05) is 23.6 Å². The highest BCUT2D eigenvalue weighted by Gasteiger charge is 2.26. The Morgan fingerprint density at radius 1 is 1.05 bits per heavy atom. The first-order valence-electron chi connectivity index (χ1n) is 6.33. The van der Waals surface area contributed by atoms with E-state index in [-0.39, 0.29) is 11.2 Å². The molecular weight excluding hydrogens is 254 g/mol. The van der Waals surface area contributed by atoms with E-state index in [4.69, 9.17) is 0 Å². The number of carbonyl (C=O) groups excluding carboxylic acids is 1. The number of thioether (sulfide) groups is 1. The number of rotatable bonds is 1. The van der Waals surface area contributed by atoms with Crippen LogP contribution in [0.1, 0.15) is 17.2 Å². The SMILES string of the molecule is CN1C(=O)CC(c2ccccc2)Sc2ccccc21. The van der Waals surface area contributed by atoms with E-state index in [1.807, 2.05) is 43.4 Å². The molecule has 0 bridgehead atoms. The Morgan fingerprint density at radius 2 is 1.74 bits per heavy atom. The number of fused-ring (bicyclic) bond motifs is 1. The van der Waals surface area contributed by atoms with Crippen molar-refractivity contribution in [2.75, 3.05) is 11.9 Å². The van der Waals surface area contributed by atoms with E-state index in [0.717, 1.165) is 5.69 Å². The molecule has 0 spiro atoms.